The number of halogens is 3. The summed E-state index contributed by atoms with van der Waals surface area (Å²) in [5.41, 5.74) is 1.94. The van der Waals surface area contributed by atoms with Gasteiger partial charge in [0.15, 0.2) is 0 Å². The highest BCUT2D eigenvalue weighted by Gasteiger charge is 2.35. The molecule has 31 heavy (non-hydrogen) atoms. The van der Waals surface area contributed by atoms with Crippen molar-refractivity contribution in [2.24, 2.45) is 0 Å². The summed E-state index contributed by atoms with van der Waals surface area (Å²) in [5.74, 6) is -0.392. The molecule has 3 aromatic rings. The maximum atomic E-state index is 14.3. The number of thioether (sulfide) groups is 1. The van der Waals surface area contributed by atoms with Gasteiger partial charge in [0.2, 0.25) is 5.91 Å². The van der Waals surface area contributed by atoms with Gasteiger partial charge in [-0.15, -0.1) is 11.8 Å². The Labute approximate surface area is 192 Å². The van der Waals surface area contributed by atoms with E-state index in [2.05, 4.69) is 10.6 Å². The van der Waals surface area contributed by atoms with Crippen molar-refractivity contribution in [3.8, 4) is 0 Å². The van der Waals surface area contributed by atoms with Crippen LogP contribution in [0.1, 0.15) is 10.9 Å². The number of benzene rings is 3. The molecule has 0 aromatic heterocycles. The number of amides is 3. The average Bonchev–Trinajstić information content (AvgIpc) is 3.12. The Morgan fingerprint density at radius 2 is 1.84 bits per heavy atom. The number of nitrogens with one attached hydrogen (secondary N) is 2. The summed E-state index contributed by atoms with van der Waals surface area (Å²) in [4.78, 5) is 26.3. The smallest absolute Gasteiger partial charge is 0.308 e. The minimum atomic E-state index is -0.484. The molecule has 4 rings (SSSR count). The van der Waals surface area contributed by atoms with Crippen molar-refractivity contribution < 1.29 is 14.0 Å². The van der Waals surface area contributed by atoms with Gasteiger partial charge in [0.1, 0.15) is 11.2 Å². The second kappa shape index (κ2) is 9.18. The molecule has 0 bridgehead atoms. The second-order valence-corrected chi connectivity index (χ2v) is 8.62. The highest BCUT2D eigenvalue weighted by Crippen LogP contribution is 2.43. The number of urea groups is 1. The zero-order valence-electron chi connectivity index (χ0n) is 15.9. The van der Waals surface area contributed by atoms with Crippen molar-refractivity contribution in [3.05, 3.63) is 88.2 Å². The van der Waals surface area contributed by atoms with Crippen LogP contribution in [0, 0.1) is 5.82 Å². The number of anilines is 3. The van der Waals surface area contributed by atoms with Gasteiger partial charge in [-0.05, 0) is 48.0 Å². The number of hydrogen-bond donors (Lipinski definition) is 2. The Kier molecular flexibility index (Phi) is 6.36. The van der Waals surface area contributed by atoms with Gasteiger partial charge in [-0.2, -0.15) is 0 Å². The van der Waals surface area contributed by atoms with E-state index in [0.29, 0.717) is 21.4 Å². The van der Waals surface area contributed by atoms with Gasteiger partial charge in [0, 0.05) is 10.7 Å². The quantitative estimate of drug-likeness (QED) is 0.449. The van der Waals surface area contributed by atoms with Crippen LogP contribution in [0.15, 0.2) is 66.7 Å². The number of carbonyl (C=O) groups excluding carboxylic acids is 2. The topological polar surface area (TPSA) is 61.4 Å². The van der Waals surface area contributed by atoms with Crippen LogP contribution in [-0.4, -0.2) is 17.7 Å². The van der Waals surface area contributed by atoms with E-state index in [1.54, 1.807) is 48.5 Å². The molecule has 158 valence electrons. The van der Waals surface area contributed by atoms with Crippen LogP contribution in [-0.2, 0) is 4.79 Å². The van der Waals surface area contributed by atoms with Gasteiger partial charge in [0.25, 0.3) is 0 Å². The predicted molar refractivity (Wildman–Crippen MR) is 125 cm³/mol. The molecule has 0 aliphatic carbocycles. The predicted octanol–water partition coefficient (Wildman–Crippen LogP) is 6.56. The first kappa shape index (κ1) is 21.5. The Morgan fingerprint density at radius 3 is 2.61 bits per heavy atom. The molecule has 0 unspecified atom stereocenters. The molecule has 0 spiro atoms. The Bertz CT molecular complexity index is 1160. The SMILES string of the molecule is O=C(Nc1cccc([C@H]2SCC(=O)N2c2ccccc2F)c1)Nc1ccc(Cl)cc1Cl. The van der Waals surface area contributed by atoms with Crippen molar-refractivity contribution in [2.75, 3.05) is 21.3 Å². The van der Waals surface area contributed by atoms with Gasteiger partial charge in [-0.1, -0.05) is 47.5 Å². The first-order chi connectivity index (χ1) is 14.9. The van der Waals surface area contributed by atoms with Crippen LogP contribution in [0.3, 0.4) is 0 Å². The molecule has 1 atom stereocenters. The third-order valence-electron chi connectivity index (χ3n) is 4.59. The third kappa shape index (κ3) is 4.79. The lowest BCUT2D eigenvalue weighted by atomic mass is 10.1. The number of carbonyl (C=O) groups is 2. The molecule has 9 heteroatoms. The van der Waals surface area contributed by atoms with E-state index in [4.69, 9.17) is 23.2 Å². The fourth-order valence-corrected chi connectivity index (χ4v) is 4.84. The summed E-state index contributed by atoms with van der Waals surface area (Å²) >= 11 is 13.4. The van der Waals surface area contributed by atoms with Crippen molar-refractivity contribution in [1.82, 2.24) is 0 Å². The Morgan fingerprint density at radius 1 is 1.03 bits per heavy atom. The van der Waals surface area contributed by atoms with Crippen molar-refractivity contribution >= 4 is 64.0 Å². The standard InChI is InChI=1S/C22H16Cl2FN3O2S/c23-14-8-9-18(16(24)11-14)27-22(30)26-15-5-3-4-13(10-15)21-28(20(29)12-31-21)19-7-2-1-6-17(19)25/h1-11,21H,12H2,(H2,26,27,30)/t21-/m1/s1. The lowest BCUT2D eigenvalue weighted by Gasteiger charge is -2.25. The van der Waals surface area contributed by atoms with Crippen molar-refractivity contribution in [3.63, 3.8) is 0 Å². The first-order valence-corrected chi connectivity index (χ1v) is 11.0. The fourth-order valence-electron chi connectivity index (χ4n) is 3.22. The molecule has 1 aliphatic rings. The minimum Gasteiger partial charge on any atom is -0.308 e. The largest absolute Gasteiger partial charge is 0.323 e. The maximum absolute atomic E-state index is 14.3. The molecular weight excluding hydrogens is 460 g/mol. The molecular formula is C22H16Cl2FN3O2S. The molecule has 2 N–H and O–H groups in total. The van der Waals surface area contributed by atoms with E-state index < -0.39 is 17.2 Å². The van der Waals surface area contributed by atoms with E-state index in [1.165, 1.54) is 28.8 Å². The Hall–Kier alpha value is -2.74. The Balaban J connectivity index is 1.53. The zero-order valence-corrected chi connectivity index (χ0v) is 18.3. The number of nitrogens with zero attached hydrogens (tertiary/aromatic N) is 1. The van der Waals surface area contributed by atoms with Crippen LogP contribution in [0.5, 0.6) is 0 Å². The van der Waals surface area contributed by atoms with Gasteiger partial charge < -0.3 is 10.6 Å². The molecule has 1 heterocycles. The summed E-state index contributed by atoms with van der Waals surface area (Å²) in [6, 6.07) is 17.5. The van der Waals surface area contributed by atoms with E-state index in [-0.39, 0.29) is 17.3 Å². The highest BCUT2D eigenvalue weighted by atomic mass is 35.5. The van der Waals surface area contributed by atoms with Gasteiger partial charge in [-0.25, -0.2) is 9.18 Å². The summed E-state index contributed by atoms with van der Waals surface area (Å²) in [5, 5.41) is 5.79. The molecule has 0 saturated carbocycles. The van der Waals surface area contributed by atoms with Crippen LogP contribution in [0.2, 0.25) is 10.0 Å². The van der Waals surface area contributed by atoms with Crippen molar-refractivity contribution in [1.29, 1.82) is 0 Å². The summed E-state index contributed by atoms with van der Waals surface area (Å²) in [6.07, 6.45) is 0. The van der Waals surface area contributed by atoms with Crippen LogP contribution < -0.4 is 15.5 Å². The number of rotatable bonds is 4. The summed E-state index contributed by atoms with van der Waals surface area (Å²) < 4.78 is 14.3. The lowest BCUT2D eigenvalue weighted by molar-refractivity contribution is -0.115. The van der Waals surface area contributed by atoms with E-state index >= 15 is 0 Å². The zero-order chi connectivity index (χ0) is 22.0. The highest BCUT2D eigenvalue weighted by molar-refractivity contribution is 8.00. The molecule has 3 aromatic carbocycles. The molecule has 3 amide bonds. The van der Waals surface area contributed by atoms with Gasteiger partial charge in [-0.3, -0.25) is 9.69 Å². The monoisotopic (exact) mass is 475 g/mol. The molecule has 1 fully saturated rings. The normalized spacial score (nSPS) is 15.8. The average molecular weight is 476 g/mol. The third-order valence-corrected chi connectivity index (χ3v) is 6.35. The maximum Gasteiger partial charge on any atom is 0.323 e. The molecule has 5 nitrogen and oxygen atoms in total. The van der Waals surface area contributed by atoms with Gasteiger partial charge in [0.05, 0.1) is 22.2 Å². The summed E-state index contributed by atoms with van der Waals surface area (Å²) in [6.45, 7) is 0. The van der Waals surface area contributed by atoms with E-state index in [1.807, 2.05) is 6.07 Å². The van der Waals surface area contributed by atoms with Crippen LogP contribution in [0.25, 0.3) is 0 Å². The fraction of sp³-hybridized carbons (Fsp3) is 0.0909. The van der Waals surface area contributed by atoms with E-state index in [0.717, 1.165) is 5.56 Å². The van der Waals surface area contributed by atoms with Crippen LogP contribution in [0.4, 0.5) is 26.2 Å². The molecule has 1 saturated heterocycles. The van der Waals surface area contributed by atoms with E-state index in [9.17, 15) is 14.0 Å². The molecule has 0 radical (unpaired) electrons. The second-order valence-electron chi connectivity index (χ2n) is 6.71. The van der Waals surface area contributed by atoms with Crippen molar-refractivity contribution in [2.45, 2.75) is 5.37 Å². The molecule has 1 aliphatic heterocycles. The number of para-hydroxylation sites is 1. The van der Waals surface area contributed by atoms with Crippen LogP contribution >= 0.6 is 35.0 Å². The summed E-state index contributed by atoms with van der Waals surface area (Å²) in [7, 11) is 0. The lowest BCUT2D eigenvalue weighted by Crippen LogP contribution is -2.28. The first-order valence-electron chi connectivity index (χ1n) is 9.23. The van der Waals surface area contributed by atoms with Gasteiger partial charge >= 0.3 is 6.03 Å². The minimum absolute atomic E-state index is 0.173. The number of hydrogen-bond acceptors (Lipinski definition) is 3.